The molecule has 0 unspecified atom stereocenters. The number of carboxylic acid groups (broad SMARTS) is 1. The van der Waals surface area contributed by atoms with Gasteiger partial charge in [-0.1, -0.05) is 36.4 Å². The molecule has 0 aliphatic rings. The highest BCUT2D eigenvalue weighted by Gasteiger charge is 2.18. The van der Waals surface area contributed by atoms with Crippen molar-refractivity contribution < 1.29 is 14.3 Å². The van der Waals surface area contributed by atoms with Crippen LogP contribution in [0.2, 0.25) is 0 Å². The van der Waals surface area contributed by atoms with Crippen LogP contribution in [-0.2, 0) is 0 Å². The van der Waals surface area contributed by atoms with Gasteiger partial charge in [-0.25, -0.2) is 14.2 Å². The van der Waals surface area contributed by atoms with Crippen LogP contribution in [0.3, 0.4) is 0 Å². The van der Waals surface area contributed by atoms with E-state index in [0.29, 0.717) is 5.69 Å². The maximum absolute atomic E-state index is 13.5. The number of carbonyl (C=O) groups is 1. The number of azo groups is 1. The lowest BCUT2D eigenvalue weighted by Gasteiger charge is -2.01. The Bertz CT molecular complexity index is 1150. The van der Waals surface area contributed by atoms with Crippen LogP contribution in [0.4, 0.5) is 15.9 Å². The molecule has 4 rings (SSSR count). The summed E-state index contributed by atoms with van der Waals surface area (Å²) in [5.74, 6) is -1.81. The topological polar surface area (TPSA) is 79.3 Å². The Balaban J connectivity index is 1.89. The van der Waals surface area contributed by atoms with Gasteiger partial charge in [-0.3, -0.25) is 4.40 Å². The fourth-order valence-electron chi connectivity index (χ4n) is 2.64. The molecular weight excluding hydrogens is 323 g/mol. The van der Waals surface area contributed by atoms with Gasteiger partial charge in [-0.05, 0) is 23.6 Å². The number of hydrogen-bond acceptors (Lipinski definition) is 4. The predicted molar refractivity (Wildman–Crippen MR) is 90.2 cm³/mol. The fourth-order valence-corrected chi connectivity index (χ4v) is 2.64. The Morgan fingerprint density at radius 1 is 1.04 bits per heavy atom. The molecule has 0 atom stereocenters. The van der Waals surface area contributed by atoms with Gasteiger partial charge < -0.3 is 5.11 Å². The molecule has 0 amide bonds. The second kappa shape index (κ2) is 5.79. The van der Waals surface area contributed by atoms with Gasteiger partial charge in [0.1, 0.15) is 11.5 Å². The van der Waals surface area contributed by atoms with Crippen LogP contribution in [0.1, 0.15) is 10.5 Å². The zero-order valence-corrected chi connectivity index (χ0v) is 12.8. The molecule has 0 bridgehead atoms. The zero-order valence-electron chi connectivity index (χ0n) is 12.8. The number of fused-ring (bicyclic) bond motifs is 2. The molecule has 1 N–H and O–H groups in total. The average molecular weight is 334 g/mol. The molecule has 0 aliphatic heterocycles. The highest BCUT2D eigenvalue weighted by atomic mass is 19.1. The van der Waals surface area contributed by atoms with Crippen molar-refractivity contribution in [2.45, 2.75) is 0 Å². The molecule has 2 aromatic carbocycles. The van der Waals surface area contributed by atoms with Gasteiger partial charge in [0.2, 0.25) is 0 Å². The summed E-state index contributed by atoms with van der Waals surface area (Å²) < 4.78 is 14.8. The van der Waals surface area contributed by atoms with E-state index in [9.17, 15) is 14.3 Å². The van der Waals surface area contributed by atoms with Crippen molar-refractivity contribution in [2.75, 3.05) is 0 Å². The van der Waals surface area contributed by atoms with Crippen LogP contribution in [-0.4, -0.2) is 20.5 Å². The third kappa shape index (κ3) is 2.61. The maximum Gasteiger partial charge on any atom is 0.358 e. The molecule has 7 heteroatoms. The second-order valence-corrected chi connectivity index (χ2v) is 5.36. The number of carboxylic acids is 1. The summed E-state index contributed by atoms with van der Waals surface area (Å²) in [6.45, 7) is 0. The SMILES string of the molecule is O=C(O)c1nc2ccc(F)cn2c1N=Nc1cccc2ccccc12. The summed E-state index contributed by atoms with van der Waals surface area (Å²) in [5.41, 5.74) is 0.584. The molecule has 0 saturated carbocycles. The number of halogens is 1. The van der Waals surface area contributed by atoms with E-state index in [1.165, 1.54) is 16.5 Å². The highest BCUT2D eigenvalue weighted by molar-refractivity contribution is 5.93. The lowest BCUT2D eigenvalue weighted by atomic mass is 10.1. The predicted octanol–water partition coefficient (Wildman–Crippen LogP) is 4.74. The highest BCUT2D eigenvalue weighted by Crippen LogP contribution is 2.29. The molecule has 0 aliphatic carbocycles. The van der Waals surface area contributed by atoms with E-state index >= 15 is 0 Å². The van der Waals surface area contributed by atoms with Crippen molar-refractivity contribution in [3.63, 3.8) is 0 Å². The lowest BCUT2D eigenvalue weighted by molar-refractivity contribution is 0.0692. The number of aromatic nitrogens is 2. The number of aromatic carboxylic acids is 1. The van der Waals surface area contributed by atoms with Crippen molar-refractivity contribution in [1.29, 1.82) is 0 Å². The molecule has 4 aromatic rings. The molecule has 25 heavy (non-hydrogen) atoms. The summed E-state index contributed by atoms with van der Waals surface area (Å²) in [4.78, 5) is 15.4. The second-order valence-electron chi connectivity index (χ2n) is 5.36. The number of rotatable bonds is 3. The number of nitrogens with zero attached hydrogens (tertiary/aromatic N) is 4. The summed E-state index contributed by atoms with van der Waals surface area (Å²) in [5, 5.41) is 19.4. The Kier molecular flexibility index (Phi) is 3.46. The third-order valence-corrected chi connectivity index (χ3v) is 3.78. The van der Waals surface area contributed by atoms with E-state index in [1.54, 1.807) is 6.07 Å². The first kappa shape index (κ1) is 14.9. The van der Waals surface area contributed by atoms with Gasteiger partial charge in [-0.15, -0.1) is 10.2 Å². The van der Waals surface area contributed by atoms with E-state index in [4.69, 9.17) is 0 Å². The first-order valence-electron chi connectivity index (χ1n) is 7.44. The van der Waals surface area contributed by atoms with Crippen LogP contribution in [0, 0.1) is 5.82 Å². The quantitative estimate of drug-likeness (QED) is 0.550. The van der Waals surface area contributed by atoms with Crippen molar-refractivity contribution in [3.8, 4) is 0 Å². The Morgan fingerprint density at radius 2 is 1.84 bits per heavy atom. The minimum absolute atomic E-state index is 0.0325. The van der Waals surface area contributed by atoms with Gasteiger partial charge in [0.25, 0.3) is 0 Å². The maximum atomic E-state index is 13.5. The van der Waals surface area contributed by atoms with Crippen LogP contribution in [0.25, 0.3) is 16.4 Å². The number of hydrogen-bond donors (Lipinski definition) is 1. The third-order valence-electron chi connectivity index (χ3n) is 3.78. The molecule has 6 nitrogen and oxygen atoms in total. The van der Waals surface area contributed by atoms with Gasteiger partial charge in [0.05, 0.1) is 5.69 Å². The van der Waals surface area contributed by atoms with Crippen LogP contribution in [0.15, 0.2) is 71.0 Å². The molecule has 0 spiro atoms. The molecule has 0 fully saturated rings. The van der Waals surface area contributed by atoms with E-state index < -0.39 is 11.8 Å². The normalized spacial score (nSPS) is 11.6. The number of benzene rings is 2. The fraction of sp³-hybridized carbons (Fsp3) is 0. The van der Waals surface area contributed by atoms with Crippen LogP contribution < -0.4 is 0 Å². The Hall–Kier alpha value is -3.61. The van der Waals surface area contributed by atoms with E-state index in [0.717, 1.165) is 17.0 Å². The van der Waals surface area contributed by atoms with Gasteiger partial charge in [0, 0.05) is 11.6 Å². The van der Waals surface area contributed by atoms with Gasteiger partial charge >= 0.3 is 5.97 Å². The summed E-state index contributed by atoms with van der Waals surface area (Å²) in [6.07, 6.45) is 1.13. The zero-order chi connectivity index (χ0) is 17.4. The summed E-state index contributed by atoms with van der Waals surface area (Å²) in [6, 6.07) is 15.8. The first-order valence-corrected chi connectivity index (χ1v) is 7.44. The van der Waals surface area contributed by atoms with E-state index in [-0.39, 0.29) is 17.2 Å². The minimum atomic E-state index is -1.25. The monoisotopic (exact) mass is 334 g/mol. The van der Waals surface area contributed by atoms with Crippen molar-refractivity contribution in [2.24, 2.45) is 10.2 Å². The molecule has 122 valence electrons. The standard InChI is InChI=1S/C18H11FN4O2/c19-12-8-9-15-20-16(18(24)25)17(23(15)10-12)22-21-14-7-3-5-11-4-1-2-6-13(11)14/h1-10H,(H,24,25). The largest absolute Gasteiger partial charge is 0.476 e. The number of pyridine rings is 1. The Morgan fingerprint density at radius 3 is 2.68 bits per heavy atom. The molecule has 0 saturated heterocycles. The van der Waals surface area contributed by atoms with Crippen molar-refractivity contribution in [1.82, 2.24) is 9.38 Å². The van der Waals surface area contributed by atoms with Gasteiger partial charge in [-0.2, -0.15) is 0 Å². The molecule has 2 aromatic heterocycles. The van der Waals surface area contributed by atoms with Crippen molar-refractivity contribution in [3.05, 3.63) is 72.3 Å². The molecule has 0 radical (unpaired) electrons. The smallest absolute Gasteiger partial charge is 0.358 e. The van der Waals surface area contributed by atoms with Crippen LogP contribution in [0.5, 0.6) is 0 Å². The summed E-state index contributed by atoms with van der Waals surface area (Å²) in [7, 11) is 0. The lowest BCUT2D eigenvalue weighted by Crippen LogP contribution is -1.96. The van der Waals surface area contributed by atoms with E-state index in [1.807, 2.05) is 36.4 Å². The first-order chi connectivity index (χ1) is 12.1. The van der Waals surface area contributed by atoms with E-state index in [2.05, 4.69) is 15.2 Å². The Labute approximate surface area is 140 Å². The number of imidazole rings is 1. The molecule has 2 heterocycles. The van der Waals surface area contributed by atoms with Crippen molar-refractivity contribution >= 4 is 33.9 Å². The summed E-state index contributed by atoms with van der Waals surface area (Å²) >= 11 is 0. The average Bonchev–Trinajstić information content (AvgIpc) is 2.98. The van der Waals surface area contributed by atoms with Gasteiger partial charge in [0.15, 0.2) is 11.5 Å². The van der Waals surface area contributed by atoms with Crippen LogP contribution >= 0.6 is 0 Å². The minimum Gasteiger partial charge on any atom is -0.476 e. The molecular formula is C18H11FN4O2.